The van der Waals surface area contributed by atoms with Crippen LogP contribution in [-0.2, 0) is 51.0 Å². The summed E-state index contributed by atoms with van der Waals surface area (Å²) in [7, 11) is -0.0926. The summed E-state index contributed by atoms with van der Waals surface area (Å²) in [6.45, 7) is 16.4. The monoisotopic (exact) mass is 918 g/mol. The molecule has 0 radical (unpaired) electrons. The van der Waals surface area contributed by atoms with Gasteiger partial charge in [0, 0.05) is 54.7 Å². The standard InChI is InChI=1S/C20H30O5Si2.C16H22O3Si2.C6H18O3Si2/c1-21-19-11-7-17(8-12-19)15-26(5,23-3)25-27(6,24-4)16-18-9-13-20(22-2)14-10-18;1-17-20(3,15-11-7-5-8-12-15)19-21(4,18-2)16-13-9-6-10-14-16;1-7-10(3,4)9-11(5,6)8-2/h7-14H,15-16H2,1-6H3;5-14H,1-4H3;1-6H3. The molecule has 4 unspecified atom stereocenters. The molecule has 0 N–H and O–H groups in total. The maximum absolute atomic E-state index is 6.62. The fourth-order valence-electron chi connectivity index (χ4n) is 5.95. The Bertz CT molecular complexity index is 1630. The molecule has 0 amide bonds. The summed E-state index contributed by atoms with van der Waals surface area (Å²) in [5.74, 6) is 1.69. The lowest BCUT2D eigenvalue weighted by atomic mass is 10.2. The van der Waals surface area contributed by atoms with Crippen LogP contribution in [0.3, 0.4) is 0 Å². The van der Waals surface area contributed by atoms with E-state index in [-0.39, 0.29) is 0 Å². The van der Waals surface area contributed by atoms with Crippen molar-refractivity contribution in [2.45, 2.75) is 64.5 Å². The molecule has 0 heterocycles. The minimum atomic E-state index is -2.50. The second-order valence-corrected chi connectivity index (χ2v) is 35.9. The normalized spacial score (nSPS) is 15.7. The van der Waals surface area contributed by atoms with Crippen molar-refractivity contribution in [3.8, 4) is 11.5 Å². The van der Waals surface area contributed by atoms with E-state index in [1.807, 2.05) is 86.9 Å². The van der Waals surface area contributed by atoms with Gasteiger partial charge in [0.1, 0.15) is 11.5 Å². The van der Waals surface area contributed by atoms with E-state index in [0.29, 0.717) is 0 Å². The maximum Gasteiger partial charge on any atom is 0.360 e. The Kier molecular flexibility index (Phi) is 21.5. The minimum Gasteiger partial charge on any atom is -0.497 e. The van der Waals surface area contributed by atoms with Crippen LogP contribution in [0.5, 0.6) is 11.5 Å². The Morgan fingerprint density at radius 2 is 0.661 bits per heavy atom. The molecular weight excluding hydrogens is 849 g/mol. The van der Waals surface area contributed by atoms with Crippen LogP contribution in [0.15, 0.2) is 109 Å². The van der Waals surface area contributed by atoms with Crippen LogP contribution in [0.4, 0.5) is 0 Å². The molecule has 0 aliphatic carbocycles. The molecule has 11 nitrogen and oxygen atoms in total. The maximum atomic E-state index is 6.62. The third-order valence-corrected chi connectivity index (χ3v) is 30.5. The van der Waals surface area contributed by atoms with Gasteiger partial charge in [-0.3, -0.25) is 0 Å². The Morgan fingerprint density at radius 3 is 0.915 bits per heavy atom. The molecule has 0 saturated carbocycles. The topological polar surface area (TPSA) is 102 Å². The van der Waals surface area contributed by atoms with Gasteiger partial charge >= 0.3 is 51.4 Å². The lowest BCUT2D eigenvalue weighted by molar-refractivity contribution is 0.239. The third kappa shape index (κ3) is 17.4. The number of hydrogen-bond acceptors (Lipinski definition) is 11. The second kappa shape index (κ2) is 24.2. The predicted molar refractivity (Wildman–Crippen MR) is 252 cm³/mol. The Hall–Kier alpha value is -2.58. The molecule has 0 spiro atoms. The highest BCUT2D eigenvalue weighted by Gasteiger charge is 2.45. The van der Waals surface area contributed by atoms with Gasteiger partial charge in [-0.2, -0.15) is 0 Å². The average Bonchev–Trinajstić information content (AvgIpc) is 3.24. The van der Waals surface area contributed by atoms with Crippen LogP contribution in [0, 0.1) is 0 Å². The quantitative estimate of drug-likeness (QED) is 0.0808. The zero-order valence-electron chi connectivity index (χ0n) is 38.3. The van der Waals surface area contributed by atoms with Crippen molar-refractivity contribution < 1.29 is 48.4 Å². The van der Waals surface area contributed by atoms with Gasteiger partial charge in [0.2, 0.25) is 0 Å². The van der Waals surface area contributed by atoms with E-state index in [0.717, 1.165) is 34.0 Å². The van der Waals surface area contributed by atoms with E-state index in [1.54, 1.807) is 56.9 Å². The van der Waals surface area contributed by atoms with Crippen LogP contribution in [0.2, 0.25) is 52.4 Å². The van der Waals surface area contributed by atoms with Gasteiger partial charge in [0.25, 0.3) is 0 Å². The van der Waals surface area contributed by atoms with Gasteiger partial charge in [-0.1, -0.05) is 84.9 Å². The minimum absolute atomic E-state index is 0.752. The van der Waals surface area contributed by atoms with E-state index in [4.69, 9.17) is 48.4 Å². The molecule has 0 bridgehead atoms. The van der Waals surface area contributed by atoms with Gasteiger partial charge in [-0.15, -0.1) is 0 Å². The van der Waals surface area contributed by atoms with Crippen molar-refractivity contribution in [1.82, 2.24) is 0 Å². The van der Waals surface area contributed by atoms with Crippen LogP contribution >= 0.6 is 0 Å². The summed E-state index contributed by atoms with van der Waals surface area (Å²) in [4.78, 5) is 0. The SMILES string of the molecule is CO[Si](C)(C)O[Si](C)(C)OC.CO[Si](C)(O[Si](C)(OC)c1ccccc1)c1ccccc1.COc1ccc(C[Si](C)(OC)O[Si](C)(Cc2ccc(OC)cc2)OC)cc1. The van der Waals surface area contributed by atoms with Gasteiger partial charge in [-0.05, 0) is 98.1 Å². The van der Waals surface area contributed by atoms with Crippen molar-refractivity contribution in [2.75, 3.05) is 56.9 Å². The number of hydrogen-bond donors (Lipinski definition) is 0. The number of ether oxygens (including phenoxy) is 2. The van der Waals surface area contributed by atoms with E-state index < -0.39 is 51.4 Å². The van der Waals surface area contributed by atoms with E-state index in [2.05, 4.69) is 74.7 Å². The molecule has 4 aromatic rings. The zero-order chi connectivity index (χ0) is 44.4. The van der Waals surface area contributed by atoms with Crippen molar-refractivity contribution in [1.29, 1.82) is 0 Å². The fraction of sp³-hybridized carbons (Fsp3) is 0.429. The lowest BCUT2D eigenvalue weighted by Gasteiger charge is -2.35. The third-order valence-electron chi connectivity index (χ3n) is 9.90. The summed E-state index contributed by atoms with van der Waals surface area (Å²) in [6, 6.07) is 37.9. The molecule has 0 fully saturated rings. The number of rotatable bonds is 20. The lowest BCUT2D eigenvalue weighted by Crippen LogP contribution is -2.63. The van der Waals surface area contributed by atoms with Crippen molar-refractivity contribution in [2.24, 2.45) is 0 Å². The van der Waals surface area contributed by atoms with E-state index in [9.17, 15) is 0 Å². The highest BCUT2D eigenvalue weighted by molar-refractivity contribution is 6.92. The predicted octanol–water partition coefficient (Wildman–Crippen LogP) is 7.97. The molecule has 59 heavy (non-hydrogen) atoms. The van der Waals surface area contributed by atoms with Crippen LogP contribution in [-0.4, -0.2) is 108 Å². The molecule has 4 aromatic carbocycles. The Balaban J connectivity index is 0.000000332. The molecular formula is C42H70O11Si6. The highest BCUT2D eigenvalue weighted by Crippen LogP contribution is 2.25. The summed E-state index contributed by atoms with van der Waals surface area (Å²) in [5.41, 5.74) is 2.34. The van der Waals surface area contributed by atoms with Crippen LogP contribution < -0.4 is 19.8 Å². The molecule has 4 atom stereocenters. The van der Waals surface area contributed by atoms with Gasteiger partial charge in [0.15, 0.2) is 0 Å². The van der Waals surface area contributed by atoms with Gasteiger partial charge < -0.3 is 48.4 Å². The summed E-state index contributed by atoms with van der Waals surface area (Å²) in [6.07, 6.45) is 0. The first-order valence-corrected chi connectivity index (χ1v) is 34.8. The summed E-state index contributed by atoms with van der Waals surface area (Å²) >= 11 is 0. The first-order chi connectivity index (χ1) is 27.7. The molecule has 0 aliphatic rings. The van der Waals surface area contributed by atoms with Gasteiger partial charge in [-0.25, -0.2) is 0 Å². The van der Waals surface area contributed by atoms with E-state index in [1.165, 1.54) is 11.1 Å². The first-order valence-electron chi connectivity index (χ1n) is 19.5. The average molecular weight is 920 g/mol. The first kappa shape index (κ1) is 52.6. The second-order valence-electron chi connectivity index (χ2n) is 15.3. The molecule has 0 aliphatic heterocycles. The summed E-state index contributed by atoms with van der Waals surface area (Å²) in [5, 5.41) is 2.22. The number of benzene rings is 4. The van der Waals surface area contributed by atoms with Crippen molar-refractivity contribution in [3.63, 3.8) is 0 Å². The Morgan fingerprint density at radius 1 is 0.339 bits per heavy atom. The van der Waals surface area contributed by atoms with Crippen LogP contribution in [0.25, 0.3) is 0 Å². The van der Waals surface area contributed by atoms with Crippen LogP contribution in [0.1, 0.15) is 11.1 Å². The molecule has 17 heteroatoms. The van der Waals surface area contributed by atoms with E-state index >= 15 is 0 Å². The van der Waals surface area contributed by atoms with Gasteiger partial charge in [0.05, 0.1) is 14.2 Å². The largest absolute Gasteiger partial charge is 0.497 e. The van der Waals surface area contributed by atoms with Crippen molar-refractivity contribution >= 4 is 61.7 Å². The molecule has 328 valence electrons. The summed E-state index contributed by atoms with van der Waals surface area (Å²) < 4.78 is 63.3. The Labute approximate surface area is 361 Å². The molecule has 0 saturated heterocycles. The zero-order valence-corrected chi connectivity index (χ0v) is 44.3. The number of methoxy groups -OCH3 is 2. The highest BCUT2D eigenvalue weighted by atomic mass is 28.5. The molecule has 0 aromatic heterocycles. The van der Waals surface area contributed by atoms with Crippen molar-refractivity contribution in [3.05, 3.63) is 120 Å². The fourth-order valence-corrected chi connectivity index (χ4v) is 25.1. The smallest absolute Gasteiger partial charge is 0.360 e. The molecule has 4 rings (SSSR count).